The fourth-order valence-corrected chi connectivity index (χ4v) is 3.12. The molecule has 0 aromatic heterocycles. The average Bonchev–Trinajstić information content (AvgIpc) is 2.99. The van der Waals surface area contributed by atoms with Crippen LogP contribution in [0.1, 0.15) is 90.4 Å². The van der Waals surface area contributed by atoms with Gasteiger partial charge in [0.1, 0.15) is 13.2 Å². The second-order valence-corrected chi connectivity index (χ2v) is 7.44. The Hall–Kier alpha value is -1.10. The van der Waals surface area contributed by atoms with Crippen LogP contribution in [0.2, 0.25) is 0 Å². The van der Waals surface area contributed by atoms with E-state index >= 15 is 0 Å². The lowest BCUT2D eigenvalue weighted by Crippen LogP contribution is -2.32. The van der Waals surface area contributed by atoms with E-state index in [-0.39, 0.29) is 38.2 Å². The van der Waals surface area contributed by atoms with Crippen LogP contribution in [0.3, 0.4) is 0 Å². The number of carbonyl (C=O) groups excluding carboxylic acids is 2. The molecule has 0 amide bonds. The summed E-state index contributed by atoms with van der Waals surface area (Å²) in [5.41, 5.74) is -0.732. The molecule has 1 rings (SSSR count). The Balaban J connectivity index is 1.93. The van der Waals surface area contributed by atoms with E-state index in [0.717, 1.165) is 12.8 Å². The molecule has 5 heteroatoms. The van der Waals surface area contributed by atoms with Gasteiger partial charge in [-0.25, -0.2) is 0 Å². The molecular formula is C20H36O5. The van der Waals surface area contributed by atoms with Crippen LogP contribution in [0.4, 0.5) is 0 Å². The summed E-state index contributed by atoms with van der Waals surface area (Å²) in [6.45, 7) is 2.23. The third-order valence-electron chi connectivity index (χ3n) is 4.92. The maximum atomic E-state index is 11.8. The number of rotatable bonds is 15. The Kier molecular flexibility index (Phi) is 11.5. The molecule has 0 bridgehead atoms. The molecule has 1 atom stereocenters. The SMILES string of the molecule is CCCCCCCCCCCCCC(=O)OC[C@@]1(CO)COC(=O)C1. The lowest BCUT2D eigenvalue weighted by molar-refractivity contribution is -0.148. The predicted octanol–water partition coefficient (Wildman–Crippen LogP) is 4.16. The van der Waals surface area contributed by atoms with Crippen molar-refractivity contribution in [3.05, 3.63) is 0 Å². The highest BCUT2D eigenvalue weighted by Gasteiger charge is 2.41. The molecule has 1 heterocycles. The van der Waals surface area contributed by atoms with Gasteiger partial charge in [0.25, 0.3) is 0 Å². The van der Waals surface area contributed by atoms with E-state index in [1.807, 2.05) is 0 Å². The summed E-state index contributed by atoms with van der Waals surface area (Å²) in [5.74, 6) is -0.585. The second kappa shape index (κ2) is 13.2. The minimum absolute atomic E-state index is 0.0616. The van der Waals surface area contributed by atoms with Crippen LogP contribution in [0.15, 0.2) is 0 Å². The van der Waals surface area contributed by atoms with E-state index in [2.05, 4.69) is 6.92 Å². The zero-order valence-corrected chi connectivity index (χ0v) is 15.9. The number of cyclic esters (lactones) is 1. The highest BCUT2D eigenvalue weighted by Crippen LogP contribution is 2.29. The molecule has 1 aliphatic rings. The summed E-state index contributed by atoms with van der Waals surface area (Å²) in [5, 5.41) is 9.40. The van der Waals surface area contributed by atoms with E-state index in [0.29, 0.717) is 6.42 Å². The van der Waals surface area contributed by atoms with E-state index in [1.54, 1.807) is 0 Å². The monoisotopic (exact) mass is 356 g/mol. The number of carbonyl (C=O) groups is 2. The van der Waals surface area contributed by atoms with Crippen molar-refractivity contribution in [2.75, 3.05) is 19.8 Å². The molecule has 0 radical (unpaired) electrons. The first-order valence-corrected chi connectivity index (χ1v) is 10.0. The van der Waals surface area contributed by atoms with Crippen molar-refractivity contribution in [1.29, 1.82) is 0 Å². The maximum absolute atomic E-state index is 11.8. The number of ether oxygens (including phenoxy) is 2. The van der Waals surface area contributed by atoms with Gasteiger partial charge >= 0.3 is 11.9 Å². The Morgan fingerprint density at radius 2 is 1.60 bits per heavy atom. The van der Waals surface area contributed by atoms with Gasteiger partial charge in [-0.15, -0.1) is 0 Å². The Morgan fingerprint density at radius 3 is 2.08 bits per heavy atom. The van der Waals surface area contributed by atoms with E-state index < -0.39 is 5.41 Å². The van der Waals surface area contributed by atoms with Crippen LogP contribution in [-0.4, -0.2) is 36.9 Å². The molecule has 0 unspecified atom stereocenters. The van der Waals surface area contributed by atoms with Crippen LogP contribution in [0, 0.1) is 5.41 Å². The topological polar surface area (TPSA) is 72.8 Å². The molecule has 0 saturated carbocycles. The van der Waals surface area contributed by atoms with Crippen molar-refractivity contribution in [2.24, 2.45) is 5.41 Å². The molecule has 1 aliphatic heterocycles. The summed E-state index contributed by atoms with van der Waals surface area (Å²) in [7, 11) is 0. The van der Waals surface area contributed by atoms with Gasteiger partial charge in [-0.3, -0.25) is 9.59 Å². The standard InChI is InChI=1S/C20H36O5/c1-2-3-4-5-6-7-8-9-10-11-12-13-18(22)24-16-20(15-21)14-19(23)25-17-20/h21H,2-17H2,1H3/t20-/m1/s1. The Bertz CT molecular complexity index is 382. The van der Waals surface area contributed by atoms with Crippen molar-refractivity contribution in [3.63, 3.8) is 0 Å². The highest BCUT2D eigenvalue weighted by atomic mass is 16.6. The first kappa shape index (κ1) is 21.9. The van der Waals surface area contributed by atoms with Gasteiger partial charge in [0, 0.05) is 6.42 Å². The van der Waals surface area contributed by atoms with Crippen molar-refractivity contribution >= 4 is 11.9 Å². The Morgan fingerprint density at radius 1 is 1.04 bits per heavy atom. The van der Waals surface area contributed by atoms with E-state index in [9.17, 15) is 14.7 Å². The van der Waals surface area contributed by atoms with Crippen LogP contribution in [0.5, 0.6) is 0 Å². The average molecular weight is 357 g/mol. The fraction of sp³-hybridized carbons (Fsp3) is 0.900. The fourth-order valence-electron chi connectivity index (χ4n) is 3.12. The molecule has 5 nitrogen and oxygen atoms in total. The molecule has 1 N–H and O–H groups in total. The molecule has 0 aromatic carbocycles. The smallest absolute Gasteiger partial charge is 0.306 e. The number of esters is 2. The van der Waals surface area contributed by atoms with Crippen LogP contribution in [0.25, 0.3) is 0 Å². The third-order valence-corrected chi connectivity index (χ3v) is 4.92. The van der Waals surface area contributed by atoms with Gasteiger partial charge in [0.15, 0.2) is 0 Å². The maximum Gasteiger partial charge on any atom is 0.306 e. The van der Waals surface area contributed by atoms with Crippen LogP contribution < -0.4 is 0 Å². The number of aliphatic hydroxyl groups is 1. The van der Waals surface area contributed by atoms with Crippen molar-refractivity contribution < 1.29 is 24.2 Å². The summed E-state index contributed by atoms with van der Waals surface area (Å²) in [4.78, 5) is 22.9. The van der Waals surface area contributed by atoms with Crippen molar-refractivity contribution in [2.45, 2.75) is 90.4 Å². The first-order chi connectivity index (χ1) is 12.1. The minimum Gasteiger partial charge on any atom is -0.465 e. The van der Waals surface area contributed by atoms with E-state index in [4.69, 9.17) is 9.47 Å². The van der Waals surface area contributed by atoms with Gasteiger partial charge in [-0.05, 0) is 6.42 Å². The zero-order valence-electron chi connectivity index (χ0n) is 15.9. The van der Waals surface area contributed by atoms with Gasteiger partial charge in [-0.1, -0.05) is 71.1 Å². The van der Waals surface area contributed by atoms with Crippen molar-refractivity contribution in [3.8, 4) is 0 Å². The molecular weight excluding hydrogens is 320 g/mol. The molecule has 0 aromatic rings. The molecule has 146 valence electrons. The number of hydrogen-bond donors (Lipinski definition) is 1. The van der Waals surface area contributed by atoms with Crippen molar-refractivity contribution in [1.82, 2.24) is 0 Å². The lowest BCUT2D eigenvalue weighted by Gasteiger charge is -2.22. The first-order valence-electron chi connectivity index (χ1n) is 10.0. The summed E-state index contributed by atoms with van der Waals surface area (Å²) >= 11 is 0. The molecule has 1 saturated heterocycles. The zero-order chi connectivity index (χ0) is 18.4. The van der Waals surface area contributed by atoms with Crippen LogP contribution in [-0.2, 0) is 19.1 Å². The lowest BCUT2D eigenvalue weighted by atomic mass is 9.89. The van der Waals surface area contributed by atoms with Gasteiger partial charge in [-0.2, -0.15) is 0 Å². The summed E-state index contributed by atoms with van der Waals surface area (Å²) in [6, 6.07) is 0. The number of aliphatic hydroxyl groups excluding tert-OH is 1. The highest BCUT2D eigenvalue weighted by molar-refractivity contribution is 5.73. The Labute approximate surface area is 152 Å². The molecule has 0 spiro atoms. The largest absolute Gasteiger partial charge is 0.465 e. The molecule has 25 heavy (non-hydrogen) atoms. The van der Waals surface area contributed by atoms with Gasteiger partial charge < -0.3 is 14.6 Å². The normalized spacial score (nSPS) is 19.8. The van der Waals surface area contributed by atoms with Gasteiger partial charge in [0.05, 0.1) is 18.4 Å². The quantitative estimate of drug-likeness (QED) is 0.352. The third kappa shape index (κ3) is 9.83. The second-order valence-electron chi connectivity index (χ2n) is 7.44. The molecule has 0 aliphatic carbocycles. The number of hydrogen-bond acceptors (Lipinski definition) is 5. The van der Waals surface area contributed by atoms with Crippen LogP contribution >= 0.6 is 0 Å². The summed E-state index contributed by atoms with van der Waals surface area (Å²) < 4.78 is 10.1. The molecule has 1 fully saturated rings. The minimum atomic E-state index is -0.732. The van der Waals surface area contributed by atoms with Gasteiger partial charge in [0.2, 0.25) is 0 Å². The number of unbranched alkanes of at least 4 members (excludes halogenated alkanes) is 10. The summed E-state index contributed by atoms with van der Waals surface area (Å²) in [6.07, 6.45) is 14.2. The van der Waals surface area contributed by atoms with E-state index in [1.165, 1.54) is 57.8 Å². The predicted molar refractivity (Wildman–Crippen MR) is 97.1 cm³/mol.